The van der Waals surface area contributed by atoms with Crippen molar-refractivity contribution in [3.8, 4) is 0 Å². The number of nitrogens with zero attached hydrogens (tertiary/aromatic N) is 2. The van der Waals surface area contributed by atoms with Crippen LogP contribution in [0.1, 0.15) is 25.7 Å². The van der Waals surface area contributed by atoms with E-state index in [1.807, 2.05) is 0 Å². The fraction of sp³-hybridized carbons (Fsp3) is 0.917. The molecule has 2 atom stereocenters. The van der Waals surface area contributed by atoms with Gasteiger partial charge in [-0.2, -0.15) is 0 Å². The van der Waals surface area contributed by atoms with Crippen molar-refractivity contribution in [2.45, 2.75) is 31.7 Å². The van der Waals surface area contributed by atoms with Gasteiger partial charge in [0.05, 0.1) is 0 Å². The fourth-order valence-electron chi connectivity index (χ4n) is 2.66. The van der Waals surface area contributed by atoms with E-state index in [1.165, 1.54) is 13.0 Å². The highest BCUT2D eigenvalue weighted by Crippen LogP contribution is 2.24. The van der Waals surface area contributed by atoms with Gasteiger partial charge in [-0.3, -0.25) is 4.79 Å². The van der Waals surface area contributed by atoms with Crippen LogP contribution in [0.25, 0.3) is 0 Å². The Morgan fingerprint density at radius 1 is 1.56 bits per heavy atom. The third kappa shape index (κ3) is 4.10. The maximum absolute atomic E-state index is 10.5. The average molecular weight is 228 g/mol. The van der Waals surface area contributed by atoms with Crippen molar-refractivity contribution in [3.05, 3.63) is 0 Å². The van der Waals surface area contributed by atoms with Gasteiger partial charge in [-0.05, 0) is 52.9 Å². The zero-order chi connectivity index (χ0) is 12.1. The molecular formula is C12H24N2O2. The summed E-state index contributed by atoms with van der Waals surface area (Å²) >= 11 is 0. The van der Waals surface area contributed by atoms with Crippen LogP contribution in [-0.4, -0.2) is 61.2 Å². The highest BCUT2D eigenvalue weighted by atomic mass is 16.4. The molecule has 1 aliphatic heterocycles. The molecule has 94 valence electrons. The Morgan fingerprint density at radius 3 is 2.69 bits per heavy atom. The topological polar surface area (TPSA) is 43.8 Å². The molecule has 0 aromatic heterocycles. The molecule has 0 aromatic carbocycles. The number of carboxylic acid groups (broad SMARTS) is 1. The highest BCUT2D eigenvalue weighted by Gasteiger charge is 2.28. The standard InChI is InChI=1S/C12H24N2O2/c1-13(2)11(5-4-6-12(15)16)10-7-8-14(3)9-10/h10-11H,4-9H2,1-3H3,(H,15,16). The van der Waals surface area contributed by atoms with Gasteiger partial charge >= 0.3 is 5.97 Å². The molecule has 0 spiro atoms. The molecule has 16 heavy (non-hydrogen) atoms. The first-order chi connectivity index (χ1) is 7.50. The molecular weight excluding hydrogens is 204 g/mol. The van der Waals surface area contributed by atoms with E-state index in [4.69, 9.17) is 5.11 Å². The third-order valence-corrected chi connectivity index (χ3v) is 3.53. The van der Waals surface area contributed by atoms with Gasteiger partial charge in [-0.25, -0.2) is 0 Å². The summed E-state index contributed by atoms with van der Waals surface area (Å²) in [7, 11) is 6.36. The Morgan fingerprint density at radius 2 is 2.25 bits per heavy atom. The van der Waals surface area contributed by atoms with Crippen LogP contribution in [0, 0.1) is 5.92 Å². The van der Waals surface area contributed by atoms with Crippen LogP contribution < -0.4 is 0 Å². The normalized spacial score (nSPS) is 23.9. The monoisotopic (exact) mass is 228 g/mol. The minimum Gasteiger partial charge on any atom is -0.481 e. The van der Waals surface area contributed by atoms with E-state index in [-0.39, 0.29) is 0 Å². The molecule has 1 aliphatic rings. The summed E-state index contributed by atoms with van der Waals surface area (Å²) in [5.41, 5.74) is 0. The first-order valence-corrected chi connectivity index (χ1v) is 6.07. The summed E-state index contributed by atoms with van der Waals surface area (Å²) in [6.45, 7) is 2.32. The molecule has 1 fully saturated rings. The maximum Gasteiger partial charge on any atom is 0.303 e. The van der Waals surface area contributed by atoms with Crippen LogP contribution in [0.3, 0.4) is 0 Å². The zero-order valence-electron chi connectivity index (χ0n) is 10.6. The molecule has 1 N–H and O–H groups in total. The Balaban J connectivity index is 2.38. The molecule has 1 saturated heterocycles. The van der Waals surface area contributed by atoms with Gasteiger partial charge < -0.3 is 14.9 Å². The Kier molecular flexibility index (Phi) is 5.22. The Hall–Kier alpha value is -0.610. The van der Waals surface area contributed by atoms with Crippen molar-refractivity contribution >= 4 is 5.97 Å². The second-order valence-corrected chi connectivity index (χ2v) is 5.13. The van der Waals surface area contributed by atoms with E-state index in [2.05, 4.69) is 30.9 Å². The molecule has 4 nitrogen and oxygen atoms in total. The SMILES string of the molecule is CN1CCC(C(CCCC(=O)O)N(C)C)C1. The maximum atomic E-state index is 10.5. The summed E-state index contributed by atoms with van der Waals surface area (Å²) in [6, 6.07) is 0.532. The van der Waals surface area contributed by atoms with Gasteiger partial charge in [0.1, 0.15) is 0 Å². The molecule has 4 heteroatoms. The third-order valence-electron chi connectivity index (χ3n) is 3.53. The van der Waals surface area contributed by atoms with E-state index in [1.54, 1.807) is 0 Å². The van der Waals surface area contributed by atoms with Gasteiger partial charge in [-0.1, -0.05) is 0 Å². The van der Waals surface area contributed by atoms with Gasteiger partial charge in [0.2, 0.25) is 0 Å². The molecule has 0 saturated carbocycles. The van der Waals surface area contributed by atoms with E-state index in [0.717, 1.165) is 19.4 Å². The number of hydrogen-bond donors (Lipinski definition) is 1. The molecule has 1 rings (SSSR count). The predicted molar refractivity (Wildman–Crippen MR) is 64.6 cm³/mol. The number of likely N-dealkylation sites (tertiary alicyclic amines) is 1. The van der Waals surface area contributed by atoms with Crippen molar-refractivity contribution in [1.82, 2.24) is 9.80 Å². The molecule has 1 heterocycles. The van der Waals surface area contributed by atoms with Crippen molar-refractivity contribution in [2.75, 3.05) is 34.2 Å². The quantitative estimate of drug-likeness (QED) is 0.740. The number of hydrogen-bond acceptors (Lipinski definition) is 3. The number of rotatable bonds is 6. The van der Waals surface area contributed by atoms with Crippen molar-refractivity contribution in [3.63, 3.8) is 0 Å². The minimum atomic E-state index is -0.680. The lowest BCUT2D eigenvalue weighted by Gasteiger charge is -2.29. The van der Waals surface area contributed by atoms with Crippen LogP contribution in [0.5, 0.6) is 0 Å². The van der Waals surface area contributed by atoms with Crippen LogP contribution in [-0.2, 0) is 4.79 Å². The molecule has 0 aromatic rings. The predicted octanol–water partition coefficient (Wildman–Crippen LogP) is 1.12. The first kappa shape index (κ1) is 13.5. The lowest BCUT2D eigenvalue weighted by molar-refractivity contribution is -0.137. The van der Waals surface area contributed by atoms with Crippen LogP contribution in [0.15, 0.2) is 0 Å². The van der Waals surface area contributed by atoms with Crippen molar-refractivity contribution in [1.29, 1.82) is 0 Å². The zero-order valence-corrected chi connectivity index (χ0v) is 10.6. The summed E-state index contributed by atoms with van der Waals surface area (Å²) in [6.07, 6.45) is 3.33. The van der Waals surface area contributed by atoms with Crippen LogP contribution >= 0.6 is 0 Å². The number of aliphatic carboxylic acids is 1. The first-order valence-electron chi connectivity index (χ1n) is 6.07. The van der Waals surface area contributed by atoms with Crippen LogP contribution in [0.2, 0.25) is 0 Å². The average Bonchev–Trinajstić information content (AvgIpc) is 2.58. The van der Waals surface area contributed by atoms with Gasteiger partial charge in [0, 0.05) is 19.0 Å². The Bertz CT molecular complexity index is 231. The molecule has 0 radical (unpaired) electrons. The number of carboxylic acids is 1. The molecule has 0 amide bonds. The van der Waals surface area contributed by atoms with Crippen LogP contribution in [0.4, 0.5) is 0 Å². The largest absolute Gasteiger partial charge is 0.481 e. The summed E-state index contributed by atoms with van der Waals surface area (Å²) in [4.78, 5) is 15.1. The lowest BCUT2D eigenvalue weighted by atomic mass is 9.93. The van der Waals surface area contributed by atoms with Gasteiger partial charge in [0.15, 0.2) is 0 Å². The second-order valence-electron chi connectivity index (χ2n) is 5.13. The van der Waals surface area contributed by atoms with Gasteiger partial charge in [-0.15, -0.1) is 0 Å². The summed E-state index contributed by atoms with van der Waals surface area (Å²) in [5.74, 6) is 0.0230. The van der Waals surface area contributed by atoms with E-state index >= 15 is 0 Å². The highest BCUT2D eigenvalue weighted by molar-refractivity contribution is 5.66. The molecule has 2 unspecified atom stereocenters. The molecule has 0 aliphatic carbocycles. The van der Waals surface area contributed by atoms with E-state index < -0.39 is 5.97 Å². The lowest BCUT2D eigenvalue weighted by Crippen LogP contribution is -2.36. The second kappa shape index (κ2) is 6.21. The van der Waals surface area contributed by atoms with Crippen molar-refractivity contribution in [2.24, 2.45) is 5.92 Å². The summed E-state index contributed by atoms with van der Waals surface area (Å²) in [5, 5.41) is 8.65. The molecule has 0 bridgehead atoms. The van der Waals surface area contributed by atoms with E-state index in [9.17, 15) is 4.79 Å². The van der Waals surface area contributed by atoms with E-state index in [0.29, 0.717) is 18.4 Å². The smallest absolute Gasteiger partial charge is 0.303 e. The minimum absolute atomic E-state index is 0.299. The Labute approximate surface area is 98.2 Å². The number of carbonyl (C=O) groups is 1. The van der Waals surface area contributed by atoms with Gasteiger partial charge in [0.25, 0.3) is 0 Å². The summed E-state index contributed by atoms with van der Waals surface area (Å²) < 4.78 is 0. The fourth-order valence-corrected chi connectivity index (χ4v) is 2.66. The van der Waals surface area contributed by atoms with Crippen molar-refractivity contribution < 1.29 is 9.90 Å².